The van der Waals surface area contributed by atoms with Crippen LogP contribution in [0.5, 0.6) is 0 Å². The van der Waals surface area contributed by atoms with Gasteiger partial charge in [-0.25, -0.2) is 0 Å². The fourth-order valence-electron chi connectivity index (χ4n) is 1.52. The highest BCUT2D eigenvalue weighted by atomic mass is 35.5. The Kier molecular flexibility index (Phi) is 2.54. The van der Waals surface area contributed by atoms with E-state index < -0.39 is 0 Å². The number of hydrogen-bond acceptors (Lipinski definition) is 2. The second-order valence-electron chi connectivity index (χ2n) is 3.78. The highest BCUT2D eigenvalue weighted by molar-refractivity contribution is 6.20. The van der Waals surface area contributed by atoms with Crippen LogP contribution in [0.15, 0.2) is 6.20 Å². The molecule has 1 atom stereocenters. The van der Waals surface area contributed by atoms with E-state index in [1.165, 1.54) is 19.3 Å². The predicted molar refractivity (Wildman–Crippen MR) is 51.6 cm³/mol. The van der Waals surface area contributed by atoms with E-state index in [9.17, 15) is 0 Å². The molecular formula is C9H14ClN3. The van der Waals surface area contributed by atoms with Crippen LogP contribution in [0.2, 0.25) is 0 Å². The van der Waals surface area contributed by atoms with Crippen LogP contribution in [-0.2, 0) is 6.54 Å². The van der Waals surface area contributed by atoms with Crippen molar-refractivity contribution in [2.75, 3.05) is 0 Å². The minimum Gasteiger partial charge on any atom is -0.252 e. The number of alkyl halides is 1. The van der Waals surface area contributed by atoms with E-state index >= 15 is 0 Å². The van der Waals surface area contributed by atoms with Crippen molar-refractivity contribution in [1.82, 2.24) is 15.0 Å². The molecule has 0 amide bonds. The Balaban J connectivity index is 1.96. The Morgan fingerprint density at radius 2 is 2.46 bits per heavy atom. The van der Waals surface area contributed by atoms with Crippen LogP contribution in [0.25, 0.3) is 0 Å². The first-order valence-electron chi connectivity index (χ1n) is 4.80. The first-order valence-corrected chi connectivity index (χ1v) is 5.23. The van der Waals surface area contributed by atoms with E-state index in [1.54, 1.807) is 0 Å². The maximum atomic E-state index is 5.89. The fourth-order valence-corrected chi connectivity index (χ4v) is 1.62. The summed E-state index contributed by atoms with van der Waals surface area (Å²) in [5.74, 6) is 0.820. The van der Waals surface area contributed by atoms with Gasteiger partial charge in [0, 0.05) is 12.7 Å². The number of halogens is 1. The van der Waals surface area contributed by atoms with Gasteiger partial charge in [-0.1, -0.05) is 11.6 Å². The molecule has 1 heterocycles. The largest absolute Gasteiger partial charge is 0.252 e. The summed E-state index contributed by atoms with van der Waals surface area (Å²) < 4.78 is 1.91. The first-order chi connectivity index (χ1) is 6.25. The molecule has 0 saturated heterocycles. The van der Waals surface area contributed by atoms with Gasteiger partial charge in [0.05, 0.1) is 5.38 Å². The summed E-state index contributed by atoms with van der Waals surface area (Å²) in [4.78, 5) is 0. The summed E-state index contributed by atoms with van der Waals surface area (Å²) >= 11 is 5.89. The zero-order chi connectivity index (χ0) is 9.26. The molecule has 0 N–H and O–H groups in total. The van der Waals surface area contributed by atoms with Gasteiger partial charge in [-0.3, -0.25) is 4.68 Å². The Bertz CT molecular complexity index is 278. The van der Waals surface area contributed by atoms with E-state index in [4.69, 9.17) is 11.6 Å². The maximum Gasteiger partial charge on any atom is 0.100 e. The third-order valence-electron chi connectivity index (χ3n) is 2.63. The molecule has 2 rings (SSSR count). The van der Waals surface area contributed by atoms with Crippen LogP contribution < -0.4 is 0 Å². The standard InChI is InChI=1S/C9H14ClN3/c1-7(10)9-6-13(12-11-9)5-8-3-2-4-8/h6-8H,2-5H2,1H3. The topological polar surface area (TPSA) is 30.7 Å². The Labute approximate surface area is 83.1 Å². The van der Waals surface area contributed by atoms with Crippen LogP contribution in [-0.4, -0.2) is 15.0 Å². The molecule has 1 aromatic rings. The normalized spacial score (nSPS) is 19.8. The van der Waals surface area contributed by atoms with E-state index in [0.29, 0.717) is 0 Å². The van der Waals surface area contributed by atoms with Gasteiger partial charge in [-0.15, -0.1) is 16.7 Å². The number of rotatable bonds is 3. The highest BCUT2D eigenvalue weighted by Crippen LogP contribution is 2.27. The van der Waals surface area contributed by atoms with E-state index in [0.717, 1.165) is 18.2 Å². The van der Waals surface area contributed by atoms with Crippen LogP contribution in [0.3, 0.4) is 0 Å². The third-order valence-corrected chi connectivity index (χ3v) is 2.86. The summed E-state index contributed by atoms with van der Waals surface area (Å²) in [7, 11) is 0. The van der Waals surface area contributed by atoms with Gasteiger partial charge < -0.3 is 0 Å². The van der Waals surface area contributed by atoms with Gasteiger partial charge in [0.2, 0.25) is 0 Å². The lowest BCUT2D eigenvalue weighted by atomic mass is 9.85. The maximum absolute atomic E-state index is 5.89. The van der Waals surface area contributed by atoms with Crippen molar-refractivity contribution in [1.29, 1.82) is 0 Å². The highest BCUT2D eigenvalue weighted by Gasteiger charge is 2.18. The smallest absolute Gasteiger partial charge is 0.100 e. The van der Waals surface area contributed by atoms with Gasteiger partial charge >= 0.3 is 0 Å². The quantitative estimate of drug-likeness (QED) is 0.700. The molecule has 3 nitrogen and oxygen atoms in total. The monoisotopic (exact) mass is 199 g/mol. The van der Waals surface area contributed by atoms with Crippen LogP contribution in [0, 0.1) is 5.92 Å². The van der Waals surface area contributed by atoms with Gasteiger partial charge in [0.15, 0.2) is 0 Å². The zero-order valence-electron chi connectivity index (χ0n) is 7.78. The van der Waals surface area contributed by atoms with Crippen molar-refractivity contribution in [3.05, 3.63) is 11.9 Å². The third kappa shape index (κ3) is 2.02. The minimum atomic E-state index is -0.0323. The summed E-state index contributed by atoms with van der Waals surface area (Å²) in [6, 6.07) is 0. The fraction of sp³-hybridized carbons (Fsp3) is 0.778. The SMILES string of the molecule is CC(Cl)c1cn(CC2CCC2)nn1. The van der Waals surface area contributed by atoms with Crippen molar-refractivity contribution in [2.24, 2.45) is 5.92 Å². The molecule has 0 aromatic carbocycles. The van der Waals surface area contributed by atoms with Crippen molar-refractivity contribution < 1.29 is 0 Å². The van der Waals surface area contributed by atoms with E-state index in [-0.39, 0.29) is 5.38 Å². The summed E-state index contributed by atoms with van der Waals surface area (Å²) in [6.45, 7) is 2.93. The second kappa shape index (κ2) is 3.66. The molecule has 1 aliphatic carbocycles. The molecule has 0 aliphatic heterocycles. The molecular weight excluding hydrogens is 186 g/mol. The van der Waals surface area contributed by atoms with Crippen molar-refractivity contribution in [3.63, 3.8) is 0 Å². The number of nitrogens with zero attached hydrogens (tertiary/aromatic N) is 3. The van der Waals surface area contributed by atoms with E-state index in [2.05, 4.69) is 10.3 Å². The molecule has 0 bridgehead atoms. The molecule has 0 radical (unpaired) electrons. The lowest BCUT2D eigenvalue weighted by Crippen LogP contribution is -2.18. The number of hydrogen-bond donors (Lipinski definition) is 0. The summed E-state index contributed by atoms with van der Waals surface area (Å²) in [5, 5.41) is 8.02. The molecule has 0 spiro atoms. The minimum absolute atomic E-state index is 0.0323. The predicted octanol–water partition coefficient (Wildman–Crippen LogP) is 2.38. The van der Waals surface area contributed by atoms with Gasteiger partial charge in [0.1, 0.15) is 5.69 Å². The van der Waals surface area contributed by atoms with Gasteiger partial charge in [0.25, 0.3) is 0 Å². The number of aromatic nitrogens is 3. The molecule has 1 saturated carbocycles. The molecule has 1 unspecified atom stereocenters. The lowest BCUT2D eigenvalue weighted by molar-refractivity contribution is 0.264. The molecule has 72 valence electrons. The molecule has 4 heteroatoms. The lowest BCUT2D eigenvalue weighted by Gasteiger charge is -2.24. The molecule has 1 fully saturated rings. The van der Waals surface area contributed by atoms with Crippen LogP contribution >= 0.6 is 11.6 Å². The second-order valence-corrected chi connectivity index (χ2v) is 4.43. The summed E-state index contributed by atoms with van der Waals surface area (Å²) in [6.07, 6.45) is 6.01. The van der Waals surface area contributed by atoms with Crippen molar-refractivity contribution >= 4 is 11.6 Å². The average Bonchev–Trinajstić information content (AvgIpc) is 2.44. The molecule has 1 aliphatic rings. The van der Waals surface area contributed by atoms with Crippen molar-refractivity contribution in [2.45, 2.75) is 38.1 Å². The van der Waals surface area contributed by atoms with Gasteiger partial charge in [-0.2, -0.15) is 0 Å². The zero-order valence-corrected chi connectivity index (χ0v) is 8.54. The van der Waals surface area contributed by atoms with Crippen LogP contribution in [0.4, 0.5) is 0 Å². The Morgan fingerprint density at radius 1 is 1.69 bits per heavy atom. The summed E-state index contributed by atoms with van der Waals surface area (Å²) in [5.41, 5.74) is 0.876. The molecule has 13 heavy (non-hydrogen) atoms. The van der Waals surface area contributed by atoms with Crippen molar-refractivity contribution in [3.8, 4) is 0 Å². The average molecular weight is 200 g/mol. The molecule has 1 aromatic heterocycles. The Hall–Kier alpha value is -0.570. The van der Waals surface area contributed by atoms with Gasteiger partial charge in [-0.05, 0) is 25.7 Å². The van der Waals surface area contributed by atoms with Crippen LogP contribution in [0.1, 0.15) is 37.3 Å². The Morgan fingerprint density at radius 3 is 2.92 bits per heavy atom. The first kappa shape index (κ1) is 9.00. The van der Waals surface area contributed by atoms with E-state index in [1.807, 2.05) is 17.8 Å².